The zero-order valence-corrected chi connectivity index (χ0v) is 12.4. The van der Waals surface area contributed by atoms with Gasteiger partial charge < -0.3 is 10.6 Å². The lowest BCUT2D eigenvalue weighted by atomic mass is 9.89. The highest BCUT2D eigenvalue weighted by Crippen LogP contribution is 2.24. The van der Waals surface area contributed by atoms with E-state index < -0.39 is 0 Å². The Balaban J connectivity index is 2.00. The molecule has 1 heterocycles. The predicted octanol–water partition coefficient (Wildman–Crippen LogP) is 3.63. The SMILES string of the molecule is CNc1cc(NCC2CCCCC2)nc(C(C)C)n1. The van der Waals surface area contributed by atoms with Gasteiger partial charge in [-0.05, 0) is 18.8 Å². The number of nitrogens with one attached hydrogen (secondary N) is 2. The minimum Gasteiger partial charge on any atom is -0.373 e. The Morgan fingerprint density at radius 2 is 1.84 bits per heavy atom. The molecule has 106 valence electrons. The van der Waals surface area contributed by atoms with Crippen LogP contribution in [0.25, 0.3) is 0 Å². The first kappa shape index (κ1) is 14.1. The Hall–Kier alpha value is -1.32. The van der Waals surface area contributed by atoms with E-state index in [1.54, 1.807) is 0 Å². The van der Waals surface area contributed by atoms with Crippen molar-refractivity contribution in [1.29, 1.82) is 0 Å². The molecule has 1 aromatic rings. The number of aromatic nitrogens is 2. The van der Waals surface area contributed by atoms with Crippen LogP contribution in [-0.4, -0.2) is 23.6 Å². The van der Waals surface area contributed by atoms with E-state index in [1.807, 2.05) is 13.1 Å². The molecule has 2 N–H and O–H groups in total. The molecular weight excluding hydrogens is 236 g/mol. The summed E-state index contributed by atoms with van der Waals surface area (Å²) in [6, 6.07) is 1.99. The van der Waals surface area contributed by atoms with Gasteiger partial charge in [-0.1, -0.05) is 33.1 Å². The van der Waals surface area contributed by atoms with Gasteiger partial charge in [0, 0.05) is 25.6 Å². The molecule has 0 saturated heterocycles. The number of nitrogens with zero attached hydrogens (tertiary/aromatic N) is 2. The third kappa shape index (κ3) is 4.08. The lowest BCUT2D eigenvalue weighted by Crippen LogP contribution is -2.18. The van der Waals surface area contributed by atoms with Crippen molar-refractivity contribution in [3.05, 3.63) is 11.9 Å². The lowest BCUT2D eigenvalue weighted by Gasteiger charge is -2.22. The summed E-state index contributed by atoms with van der Waals surface area (Å²) in [4.78, 5) is 9.09. The molecule has 0 spiro atoms. The van der Waals surface area contributed by atoms with Crippen LogP contribution in [0.2, 0.25) is 0 Å². The molecule has 0 aromatic carbocycles. The van der Waals surface area contributed by atoms with E-state index >= 15 is 0 Å². The van der Waals surface area contributed by atoms with Crippen LogP contribution < -0.4 is 10.6 Å². The topological polar surface area (TPSA) is 49.8 Å². The van der Waals surface area contributed by atoms with Gasteiger partial charge in [-0.3, -0.25) is 0 Å². The molecule has 1 saturated carbocycles. The van der Waals surface area contributed by atoms with Crippen LogP contribution in [0, 0.1) is 5.92 Å². The summed E-state index contributed by atoms with van der Waals surface area (Å²) in [5.41, 5.74) is 0. The van der Waals surface area contributed by atoms with Crippen molar-refractivity contribution < 1.29 is 0 Å². The standard InChI is InChI=1S/C15H26N4/c1-11(2)15-18-13(16-3)9-14(19-15)17-10-12-7-5-4-6-8-12/h9,11-12H,4-8,10H2,1-3H3,(H2,16,17,18,19). The molecule has 1 aromatic heterocycles. The second-order valence-corrected chi connectivity index (χ2v) is 5.79. The Bertz CT molecular complexity index is 397. The zero-order chi connectivity index (χ0) is 13.7. The third-order valence-electron chi connectivity index (χ3n) is 3.81. The second-order valence-electron chi connectivity index (χ2n) is 5.79. The van der Waals surface area contributed by atoms with E-state index in [0.29, 0.717) is 5.92 Å². The monoisotopic (exact) mass is 262 g/mol. The summed E-state index contributed by atoms with van der Waals surface area (Å²) in [6.45, 7) is 5.29. The highest BCUT2D eigenvalue weighted by Gasteiger charge is 2.14. The fraction of sp³-hybridized carbons (Fsp3) is 0.733. The number of anilines is 2. The molecule has 0 unspecified atom stereocenters. The molecule has 0 atom stereocenters. The molecule has 0 bridgehead atoms. The number of rotatable bonds is 5. The van der Waals surface area contributed by atoms with E-state index in [1.165, 1.54) is 32.1 Å². The summed E-state index contributed by atoms with van der Waals surface area (Å²) in [7, 11) is 1.90. The summed E-state index contributed by atoms with van der Waals surface area (Å²) in [6.07, 6.45) is 6.89. The largest absolute Gasteiger partial charge is 0.373 e. The fourth-order valence-corrected chi connectivity index (χ4v) is 2.58. The molecule has 19 heavy (non-hydrogen) atoms. The maximum Gasteiger partial charge on any atom is 0.135 e. The van der Waals surface area contributed by atoms with E-state index in [0.717, 1.165) is 29.9 Å². The lowest BCUT2D eigenvalue weighted by molar-refractivity contribution is 0.373. The van der Waals surface area contributed by atoms with Gasteiger partial charge >= 0.3 is 0 Å². The number of hydrogen-bond donors (Lipinski definition) is 2. The van der Waals surface area contributed by atoms with Crippen LogP contribution in [0.3, 0.4) is 0 Å². The summed E-state index contributed by atoms with van der Waals surface area (Å²) in [5.74, 6) is 3.91. The Morgan fingerprint density at radius 1 is 1.16 bits per heavy atom. The number of hydrogen-bond acceptors (Lipinski definition) is 4. The van der Waals surface area contributed by atoms with Gasteiger partial charge in [-0.25, -0.2) is 9.97 Å². The summed E-state index contributed by atoms with van der Waals surface area (Å²) < 4.78 is 0. The van der Waals surface area contributed by atoms with Crippen LogP contribution in [-0.2, 0) is 0 Å². The molecule has 2 rings (SSSR count). The molecule has 1 fully saturated rings. The first-order valence-corrected chi connectivity index (χ1v) is 7.49. The second kappa shape index (κ2) is 6.73. The van der Waals surface area contributed by atoms with Crippen LogP contribution in [0.5, 0.6) is 0 Å². The quantitative estimate of drug-likeness (QED) is 0.850. The average Bonchev–Trinajstić information content (AvgIpc) is 2.45. The normalized spacial score (nSPS) is 16.6. The minimum absolute atomic E-state index is 0.350. The van der Waals surface area contributed by atoms with E-state index in [4.69, 9.17) is 0 Å². The highest BCUT2D eigenvalue weighted by molar-refractivity contribution is 5.47. The maximum absolute atomic E-state index is 4.60. The van der Waals surface area contributed by atoms with Crippen molar-refractivity contribution >= 4 is 11.6 Å². The Morgan fingerprint density at radius 3 is 2.47 bits per heavy atom. The third-order valence-corrected chi connectivity index (χ3v) is 3.81. The molecule has 0 amide bonds. The fourth-order valence-electron chi connectivity index (χ4n) is 2.58. The van der Waals surface area contributed by atoms with Gasteiger partial charge in [0.15, 0.2) is 0 Å². The molecule has 4 nitrogen and oxygen atoms in total. The van der Waals surface area contributed by atoms with Crippen LogP contribution in [0.4, 0.5) is 11.6 Å². The molecule has 0 radical (unpaired) electrons. The summed E-state index contributed by atoms with van der Waals surface area (Å²) >= 11 is 0. The van der Waals surface area contributed by atoms with Crippen molar-refractivity contribution in [2.45, 2.75) is 51.9 Å². The zero-order valence-electron chi connectivity index (χ0n) is 12.4. The molecular formula is C15H26N4. The van der Waals surface area contributed by atoms with E-state index in [9.17, 15) is 0 Å². The highest BCUT2D eigenvalue weighted by atomic mass is 15.1. The van der Waals surface area contributed by atoms with Crippen LogP contribution in [0.1, 0.15) is 57.7 Å². The molecule has 1 aliphatic rings. The molecule has 4 heteroatoms. The molecule has 0 aliphatic heterocycles. The van der Waals surface area contributed by atoms with Gasteiger partial charge in [-0.15, -0.1) is 0 Å². The Labute approximate surface area is 116 Å². The van der Waals surface area contributed by atoms with Crippen molar-refractivity contribution in [3.63, 3.8) is 0 Å². The van der Waals surface area contributed by atoms with Crippen molar-refractivity contribution in [3.8, 4) is 0 Å². The first-order valence-electron chi connectivity index (χ1n) is 7.49. The molecule has 1 aliphatic carbocycles. The maximum atomic E-state index is 4.60. The van der Waals surface area contributed by atoms with Crippen LogP contribution >= 0.6 is 0 Å². The van der Waals surface area contributed by atoms with Crippen molar-refractivity contribution in [2.24, 2.45) is 5.92 Å². The van der Waals surface area contributed by atoms with Crippen molar-refractivity contribution in [2.75, 3.05) is 24.2 Å². The van der Waals surface area contributed by atoms with Gasteiger partial charge in [0.05, 0.1) is 0 Å². The average molecular weight is 262 g/mol. The van der Waals surface area contributed by atoms with Gasteiger partial charge in [0.2, 0.25) is 0 Å². The first-order chi connectivity index (χ1) is 9.19. The van der Waals surface area contributed by atoms with E-state index in [-0.39, 0.29) is 0 Å². The van der Waals surface area contributed by atoms with E-state index in [2.05, 4.69) is 34.4 Å². The van der Waals surface area contributed by atoms with Gasteiger partial charge in [0.25, 0.3) is 0 Å². The smallest absolute Gasteiger partial charge is 0.135 e. The van der Waals surface area contributed by atoms with Gasteiger partial charge in [-0.2, -0.15) is 0 Å². The van der Waals surface area contributed by atoms with Gasteiger partial charge in [0.1, 0.15) is 17.5 Å². The summed E-state index contributed by atoms with van der Waals surface area (Å²) in [5, 5.41) is 6.60. The minimum atomic E-state index is 0.350. The van der Waals surface area contributed by atoms with Crippen LogP contribution in [0.15, 0.2) is 6.07 Å². The predicted molar refractivity (Wildman–Crippen MR) is 80.7 cm³/mol. The Kier molecular flexibility index (Phi) is 5.00. The van der Waals surface area contributed by atoms with Crippen molar-refractivity contribution in [1.82, 2.24) is 9.97 Å².